The molecule has 0 saturated carbocycles. The fourth-order valence-electron chi connectivity index (χ4n) is 2.14. The molecule has 16 heavy (non-hydrogen) atoms. The van der Waals surface area contributed by atoms with E-state index < -0.39 is 0 Å². The molecule has 0 saturated heterocycles. The summed E-state index contributed by atoms with van der Waals surface area (Å²) in [5.41, 5.74) is 3.43. The van der Waals surface area contributed by atoms with Crippen LogP contribution in [0, 0.1) is 0 Å². The van der Waals surface area contributed by atoms with Gasteiger partial charge < -0.3 is 4.74 Å². The van der Waals surface area contributed by atoms with Crippen LogP contribution in [0.5, 0.6) is 0 Å². The SMILES string of the molecule is CCCOC(=O)c1ccc2c(c1)CCCC2. The molecule has 0 aliphatic heterocycles. The number of ether oxygens (including phenoxy) is 1. The summed E-state index contributed by atoms with van der Waals surface area (Å²) in [5.74, 6) is -0.185. The van der Waals surface area contributed by atoms with Gasteiger partial charge >= 0.3 is 5.97 Å². The molecule has 0 unspecified atom stereocenters. The normalized spacial score (nSPS) is 14.3. The van der Waals surface area contributed by atoms with Crippen LogP contribution in [0.15, 0.2) is 18.2 Å². The number of hydrogen-bond donors (Lipinski definition) is 0. The van der Waals surface area contributed by atoms with Crippen LogP contribution in [0.4, 0.5) is 0 Å². The minimum Gasteiger partial charge on any atom is -0.462 e. The van der Waals surface area contributed by atoms with E-state index in [0.717, 1.165) is 19.3 Å². The van der Waals surface area contributed by atoms with E-state index >= 15 is 0 Å². The lowest BCUT2D eigenvalue weighted by Gasteiger charge is -2.16. The lowest BCUT2D eigenvalue weighted by Crippen LogP contribution is -2.09. The van der Waals surface area contributed by atoms with Gasteiger partial charge in [-0.05, 0) is 55.4 Å². The molecule has 1 aliphatic carbocycles. The first kappa shape index (κ1) is 11.2. The van der Waals surface area contributed by atoms with E-state index in [1.165, 1.54) is 24.0 Å². The maximum Gasteiger partial charge on any atom is 0.338 e. The molecule has 0 fully saturated rings. The van der Waals surface area contributed by atoms with Crippen LogP contribution in [-0.2, 0) is 17.6 Å². The molecule has 0 heterocycles. The predicted octanol–water partition coefficient (Wildman–Crippen LogP) is 3.13. The van der Waals surface area contributed by atoms with Crippen molar-refractivity contribution in [1.29, 1.82) is 0 Å². The zero-order valence-electron chi connectivity index (χ0n) is 9.79. The molecule has 2 nitrogen and oxygen atoms in total. The number of rotatable bonds is 3. The molecule has 0 spiro atoms. The summed E-state index contributed by atoms with van der Waals surface area (Å²) in [4.78, 5) is 11.7. The highest BCUT2D eigenvalue weighted by Crippen LogP contribution is 2.22. The van der Waals surface area contributed by atoms with Gasteiger partial charge in [-0.2, -0.15) is 0 Å². The van der Waals surface area contributed by atoms with Crippen molar-refractivity contribution in [3.63, 3.8) is 0 Å². The van der Waals surface area contributed by atoms with E-state index in [-0.39, 0.29) is 5.97 Å². The monoisotopic (exact) mass is 218 g/mol. The standard InChI is InChI=1S/C14H18O2/c1-2-9-16-14(15)13-8-7-11-5-3-4-6-12(11)10-13/h7-8,10H,2-6,9H2,1H3. The Kier molecular flexibility index (Phi) is 3.60. The quantitative estimate of drug-likeness (QED) is 0.728. The molecular formula is C14H18O2. The van der Waals surface area contributed by atoms with Crippen molar-refractivity contribution < 1.29 is 9.53 Å². The highest BCUT2D eigenvalue weighted by Gasteiger charge is 2.13. The van der Waals surface area contributed by atoms with Gasteiger partial charge in [0, 0.05) is 0 Å². The average molecular weight is 218 g/mol. The second-order valence-electron chi connectivity index (χ2n) is 4.33. The van der Waals surface area contributed by atoms with Gasteiger partial charge in [-0.1, -0.05) is 13.0 Å². The van der Waals surface area contributed by atoms with Gasteiger partial charge in [0.25, 0.3) is 0 Å². The zero-order valence-corrected chi connectivity index (χ0v) is 9.79. The van der Waals surface area contributed by atoms with Crippen LogP contribution in [0.3, 0.4) is 0 Å². The van der Waals surface area contributed by atoms with Gasteiger partial charge in [0.15, 0.2) is 0 Å². The smallest absolute Gasteiger partial charge is 0.338 e. The summed E-state index contributed by atoms with van der Waals surface area (Å²) in [6.45, 7) is 2.51. The van der Waals surface area contributed by atoms with Gasteiger partial charge in [-0.15, -0.1) is 0 Å². The number of carbonyl (C=O) groups excluding carboxylic acids is 1. The van der Waals surface area contributed by atoms with Crippen molar-refractivity contribution >= 4 is 5.97 Å². The summed E-state index contributed by atoms with van der Waals surface area (Å²) in [5, 5.41) is 0. The summed E-state index contributed by atoms with van der Waals surface area (Å²) < 4.78 is 5.13. The van der Waals surface area contributed by atoms with E-state index in [1.54, 1.807) is 0 Å². The highest BCUT2D eigenvalue weighted by atomic mass is 16.5. The molecule has 0 amide bonds. The van der Waals surface area contributed by atoms with Crippen molar-refractivity contribution in [2.24, 2.45) is 0 Å². The summed E-state index contributed by atoms with van der Waals surface area (Å²) in [7, 11) is 0. The lowest BCUT2D eigenvalue weighted by molar-refractivity contribution is 0.0505. The summed E-state index contributed by atoms with van der Waals surface area (Å²) >= 11 is 0. The zero-order chi connectivity index (χ0) is 11.4. The number of carbonyl (C=O) groups is 1. The summed E-state index contributed by atoms with van der Waals surface area (Å²) in [6.07, 6.45) is 5.63. The van der Waals surface area contributed by atoms with Gasteiger partial charge in [0.05, 0.1) is 12.2 Å². The summed E-state index contributed by atoms with van der Waals surface area (Å²) in [6, 6.07) is 5.98. The second-order valence-corrected chi connectivity index (χ2v) is 4.33. The van der Waals surface area contributed by atoms with E-state index in [1.807, 2.05) is 19.1 Å². The third-order valence-corrected chi connectivity index (χ3v) is 3.02. The first-order valence-corrected chi connectivity index (χ1v) is 6.10. The molecule has 0 bridgehead atoms. The van der Waals surface area contributed by atoms with Crippen LogP contribution in [0.2, 0.25) is 0 Å². The molecule has 0 radical (unpaired) electrons. The highest BCUT2D eigenvalue weighted by molar-refractivity contribution is 5.89. The largest absolute Gasteiger partial charge is 0.462 e. The Hall–Kier alpha value is -1.31. The van der Waals surface area contributed by atoms with Crippen LogP contribution < -0.4 is 0 Å². The van der Waals surface area contributed by atoms with E-state index in [2.05, 4.69) is 6.07 Å². The number of benzene rings is 1. The molecule has 0 aromatic heterocycles. The van der Waals surface area contributed by atoms with Gasteiger partial charge in [0.2, 0.25) is 0 Å². The molecule has 1 aromatic carbocycles. The van der Waals surface area contributed by atoms with Crippen molar-refractivity contribution in [3.8, 4) is 0 Å². The maximum atomic E-state index is 11.7. The van der Waals surface area contributed by atoms with Gasteiger partial charge in [-0.25, -0.2) is 4.79 Å². The first-order chi connectivity index (χ1) is 7.81. The number of hydrogen-bond acceptors (Lipinski definition) is 2. The molecule has 2 heteroatoms. The molecule has 0 N–H and O–H groups in total. The minimum absolute atomic E-state index is 0.185. The van der Waals surface area contributed by atoms with Gasteiger partial charge in [-0.3, -0.25) is 0 Å². The molecule has 1 aromatic rings. The fourth-order valence-corrected chi connectivity index (χ4v) is 2.14. The molecule has 2 rings (SSSR count). The minimum atomic E-state index is -0.185. The van der Waals surface area contributed by atoms with E-state index in [0.29, 0.717) is 12.2 Å². The Morgan fingerprint density at radius 2 is 2.00 bits per heavy atom. The van der Waals surface area contributed by atoms with Crippen molar-refractivity contribution in [2.75, 3.05) is 6.61 Å². The topological polar surface area (TPSA) is 26.3 Å². The van der Waals surface area contributed by atoms with Crippen molar-refractivity contribution in [3.05, 3.63) is 34.9 Å². The van der Waals surface area contributed by atoms with Crippen LogP contribution in [0.1, 0.15) is 47.7 Å². The van der Waals surface area contributed by atoms with Gasteiger partial charge in [0.1, 0.15) is 0 Å². The van der Waals surface area contributed by atoms with Crippen molar-refractivity contribution in [1.82, 2.24) is 0 Å². The Labute approximate surface area is 96.6 Å². The molecule has 86 valence electrons. The van der Waals surface area contributed by atoms with E-state index in [9.17, 15) is 4.79 Å². The van der Waals surface area contributed by atoms with Crippen LogP contribution in [-0.4, -0.2) is 12.6 Å². The number of fused-ring (bicyclic) bond motifs is 1. The number of esters is 1. The third kappa shape index (κ3) is 2.43. The Balaban J connectivity index is 2.13. The Morgan fingerprint density at radius 3 is 2.75 bits per heavy atom. The molecule has 1 aliphatic rings. The van der Waals surface area contributed by atoms with Crippen LogP contribution >= 0.6 is 0 Å². The first-order valence-electron chi connectivity index (χ1n) is 6.10. The average Bonchev–Trinajstić information content (AvgIpc) is 2.35. The maximum absolute atomic E-state index is 11.7. The van der Waals surface area contributed by atoms with Crippen molar-refractivity contribution in [2.45, 2.75) is 39.0 Å². The molecule has 0 atom stereocenters. The second kappa shape index (κ2) is 5.15. The lowest BCUT2D eigenvalue weighted by atomic mass is 9.90. The number of aryl methyl sites for hydroxylation is 2. The molecular weight excluding hydrogens is 200 g/mol. The Morgan fingerprint density at radius 1 is 1.25 bits per heavy atom. The van der Waals surface area contributed by atoms with Crippen LogP contribution in [0.25, 0.3) is 0 Å². The predicted molar refractivity (Wildman–Crippen MR) is 63.7 cm³/mol. The fraction of sp³-hybridized carbons (Fsp3) is 0.500. The Bertz CT molecular complexity index is 382. The third-order valence-electron chi connectivity index (χ3n) is 3.02. The van der Waals surface area contributed by atoms with E-state index in [4.69, 9.17) is 4.74 Å².